The van der Waals surface area contributed by atoms with Crippen molar-refractivity contribution in [3.05, 3.63) is 17.5 Å². The molecule has 0 aliphatic rings. The predicted octanol–water partition coefficient (Wildman–Crippen LogP) is 1.42. The number of nitrogens with zero attached hydrogens (tertiary/aromatic N) is 1. The van der Waals surface area contributed by atoms with Gasteiger partial charge in [-0.3, -0.25) is 0 Å². The number of rotatable bonds is 2. The number of aromatic nitrogens is 1. The van der Waals surface area contributed by atoms with Crippen molar-refractivity contribution in [2.24, 2.45) is 5.73 Å². The van der Waals surface area contributed by atoms with Crippen molar-refractivity contribution in [3.8, 4) is 0 Å². The van der Waals surface area contributed by atoms with Gasteiger partial charge < -0.3 is 10.3 Å². The first kappa shape index (κ1) is 10.0. The number of hydrogen-bond donors (Lipinski definition) is 1. The van der Waals surface area contributed by atoms with E-state index in [9.17, 15) is 13.2 Å². The fraction of sp³-hybridized carbons (Fsp3) is 0.571. The third-order valence-electron chi connectivity index (χ3n) is 1.53. The van der Waals surface area contributed by atoms with Crippen molar-refractivity contribution >= 4 is 0 Å². The molecule has 0 radical (unpaired) electrons. The number of nitrogens with two attached hydrogens (primary N) is 1. The molecule has 2 N–H and O–H groups in total. The lowest BCUT2D eigenvalue weighted by Crippen LogP contribution is -2.39. The molecule has 1 heterocycles. The molecule has 0 saturated heterocycles. The van der Waals surface area contributed by atoms with Crippen molar-refractivity contribution in [1.82, 2.24) is 5.16 Å². The second-order valence-corrected chi connectivity index (χ2v) is 2.78. The van der Waals surface area contributed by atoms with Crippen LogP contribution in [0.3, 0.4) is 0 Å². The quantitative estimate of drug-likeness (QED) is 0.774. The molecule has 0 aliphatic heterocycles. The van der Waals surface area contributed by atoms with Crippen molar-refractivity contribution in [1.29, 1.82) is 0 Å². The fourth-order valence-corrected chi connectivity index (χ4v) is 0.855. The van der Waals surface area contributed by atoms with E-state index in [1.807, 2.05) is 0 Å². The Bertz CT molecular complexity index is 282. The molecular formula is C7H9F3N2O. The second-order valence-electron chi connectivity index (χ2n) is 2.78. The molecule has 3 nitrogen and oxygen atoms in total. The highest BCUT2D eigenvalue weighted by molar-refractivity contribution is 5.05. The first-order valence-electron chi connectivity index (χ1n) is 3.64. The summed E-state index contributed by atoms with van der Waals surface area (Å²) >= 11 is 0. The van der Waals surface area contributed by atoms with Crippen LogP contribution in [-0.4, -0.2) is 17.4 Å². The van der Waals surface area contributed by atoms with Crippen LogP contribution < -0.4 is 5.73 Å². The smallest absolute Gasteiger partial charge is 0.361 e. The molecule has 1 aromatic heterocycles. The van der Waals surface area contributed by atoms with E-state index in [0.717, 1.165) is 0 Å². The summed E-state index contributed by atoms with van der Waals surface area (Å²) in [5.41, 5.74) is 5.11. The van der Waals surface area contributed by atoms with Crippen LogP contribution in [0.1, 0.15) is 11.5 Å². The lowest BCUT2D eigenvalue weighted by Gasteiger charge is -2.13. The van der Waals surface area contributed by atoms with Gasteiger partial charge in [0, 0.05) is 12.5 Å². The Labute approximate surface area is 72.7 Å². The highest BCUT2D eigenvalue weighted by Gasteiger charge is 2.37. The third kappa shape index (κ3) is 2.73. The van der Waals surface area contributed by atoms with Gasteiger partial charge in [0.15, 0.2) is 0 Å². The molecule has 1 atom stereocenters. The SMILES string of the molecule is Cc1cc(CC(N)C(F)(F)F)no1. The molecule has 1 unspecified atom stereocenters. The van der Waals surface area contributed by atoms with Gasteiger partial charge in [0.25, 0.3) is 0 Å². The fourth-order valence-electron chi connectivity index (χ4n) is 0.855. The Balaban J connectivity index is 2.60. The molecule has 0 aliphatic carbocycles. The van der Waals surface area contributed by atoms with Gasteiger partial charge in [-0.2, -0.15) is 13.2 Å². The molecule has 1 aromatic rings. The van der Waals surface area contributed by atoms with Gasteiger partial charge in [-0.15, -0.1) is 0 Å². The van der Waals surface area contributed by atoms with Gasteiger partial charge in [-0.1, -0.05) is 5.16 Å². The van der Waals surface area contributed by atoms with Gasteiger partial charge in [0.2, 0.25) is 0 Å². The van der Waals surface area contributed by atoms with Crippen molar-refractivity contribution in [2.75, 3.05) is 0 Å². The average Bonchev–Trinajstić information content (AvgIpc) is 2.33. The molecule has 13 heavy (non-hydrogen) atoms. The molecule has 6 heteroatoms. The minimum absolute atomic E-state index is 0.224. The van der Waals surface area contributed by atoms with E-state index < -0.39 is 12.2 Å². The zero-order valence-corrected chi connectivity index (χ0v) is 6.93. The summed E-state index contributed by atoms with van der Waals surface area (Å²) in [4.78, 5) is 0. The Kier molecular flexibility index (Phi) is 2.60. The molecular weight excluding hydrogens is 185 g/mol. The van der Waals surface area contributed by atoms with Crippen LogP contribution in [0.15, 0.2) is 10.6 Å². The summed E-state index contributed by atoms with van der Waals surface area (Å²) in [6.07, 6.45) is -4.73. The lowest BCUT2D eigenvalue weighted by molar-refractivity contribution is -0.147. The maximum absolute atomic E-state index is 12.0. The summed E-state index contributed by atoms with van der Waals surface area (Å²) in [5.74, 6) is 0.476. The minimum atomic E-state index is -4.38. The predicted molar refractivity (Wildman–Crippen MR) is 39.0 cm³/mol. The van der Waals surface area contributed by atoms with E-state index in [0.29, 0.717) is 5.76 Å². The highest BCUT2D eigenvalue weighted by atomic mass is 19.4. The monoisotopic (exact) mass is 194 g/mol. The van der Waals surface area contributed by atoms with E-state index in [2.05, 4.69) is 9.68 Å². The maximum Gasteiger partial charge on any atom is 0.404 e. The van der Waals surface area contributed by atoms with Gasteiger partial charge in [-0.05, 0) is 6.92 Å². The normalized spacial score (nSPS) is 14.5. The van der Waals surface area contributed by atoms with Crippen LogP contribution >= 0.6 is 0 Å². The van der Waals surface area contributed by atoms with E-state index in [-0.39, 0.29) is 12.1 Å². The molecule has 74 valence electrons. The largest absolute Gasteiger partial charge is 0.404 e. The molecule has 0 saturated carbocycles. The van der Waals surface area contributed by atoms with Crippen molar-refractivity contribution < 1.29 is 17.7 Å². The van der Waals surface area contributed by atoms with Gasteiger partial charge in [0.05, 0.1) is 5.69 Å². The Morgan fingerprint density at radius 2 is 2.23 bits per heavy atom. The molecule has 0 amide bonds. The van der Waals surface area contributed by atoms with E-state index in [4.69, 9.17) is 5.73 Å². The summed E-state index contributed by atoms with van der Waals surface area (Å²) < 4.78 is 40.5. The number of hydrogen-bond acceptors (Lipinski definition) is 3. The molecule has 1 rings (SSSR count). The number of alkyl halides is 3. The molecule has 0 aromatic carbocycles. The van der Waals surface area contributed by atoms with E-state index in [1.165, 1.54) is 6.07 Å². The average molecular weight is 194 g/mol. The summed E-state index contributed by atoms with van der Waals surface area (Å²) in [7, 11) is 0. The molecule has 0 spiro atoms. The first-order valence-corrected chi connectivity index (χ1v) is 3.64. The first-order chi connectivity index (χ1) is 5.89. The highest BCUT2D eigenvalue weighted by Crippen LogP contribution is 2.21. The minimum Gasteiger partial charge on any atom is -0.361 e. The molecule has 0 fully saturated rings. The maximum atomic E-state index is 12.0. The van der Waals surface area contributed by atoms with Gasteiger partial charge in [-0.25, -0.2) is 0 Å². The van der Waals surface area contributed by atoms with Crippen molar-refractivity contribution in [2.45, 2.75) is 25.6 Å². The number of halogens is 3. The van der Waals surface area contributed by atoms with Crippen LogP contribution in [-0.2, 0) is 6.42 Å². The molecule has 0 bridgehead atoms. The summed E-state index contributed by atoms with van der Waals surface area (Å²) in [6.45, 7) is 1.61. The lowest BCUT2D eigenvalue weighted by atomic mass is 10.1. The van der Waals surface area contributed by atoms with Crippen LogP contribution in [0.2, 0.25) is 0 Å². The van der Waals surface area contributed by atoms with E-state index in [1.54, 1.807) is 6.92 Å². The van der Waals surface area contributed by atoms with Crippen LogP contribution in [0.4, 0.5) is 13.2 Å². The van der Waals surface area contributed by atoms with E-state index >= 15 is 0 Å². The van der Waals surface area contributed by atoms with Crippen molar-refractivity contribution in [3.63, 3.8) is 0 Å². The van der Waals surface area contributed by atoms with Crippen LogP contribution in [0.25, 0.3) is 0 Å². The Morgan fingerprint density at radius 1 is 1.62 bits per heavy atom. The second kappa shape index (κ2) is 3.37. The zero-order chi connectivity index (χ0) is 10.1. The van der Waals surface area contributed by atoms with Crippen LogP contribution in [0, 0.1) is 6.92 Å². The Morgan fingerprint density at radius 3 is 2.62 bits per heavy atom. The Hall–Kier alpha value is -1.04. The third-order valence-corrected chi connectivity index (χ3v) is 1.53. The summed E-state index contributed by atoms with van der Waals surface area (Å²) in [5, 5.41) is 3.41. The van der Waals surface area contributed by atoms with Crippen LogP contribution in [0.5, 0.6) is 0 Å². The standard InChI is InChI=1S/C7H9F3N2O/c1-4-2-5(12-13-4)3-6(11)7(8,9)10/h2,6H,3,11H2,1H3. The van der Waals surface area contributed by atoms with Gasteiger partial charge in [0.1, 0.15) is 11.8 Å². The summed E-state index contributed by atoms with van der Waals surface area (Å²) in [6, 6.07) is -0.442. The number of aryl methyl sites for hydroxylation is 1. The zero-order valence-electron chi connectivity index (χ0n) is 6.93. The topological polar surface area (TPSA) is 52.0 Å². The van der Waals surface area contributed by atoms with Gasteiger partial charge >= 0.3 is 6.18 Å².